The van der Waals surface area contributed by atoms with Gasteiger partial charge in [-0.3, -0.25) is 0 Å². The summed E-state index contributed by atoms with van der Waals surface area (Å²) < 4.78 is 13.8. The fourth-order valence-electron chi connectivity index (χ4n) is 3.07. The molecule has 0 amide bonds. The Morgan fingerprint density at radius 3 is 2.22 bits per heavy atom. The highest BCUT2D eigenvalue weighted by Gasteiger charge is 2.39. The molecule has 0 atom stereocenters. The summed E-state index contributed by atoms with van der Waals surface area (Å²) in [7, 11) is 0. The summed E-state index contributed by atoms with van der Waals surface area (Å²) in [6, 6.07) is 6.62. The SMILES string of the molecule is CC(C)(C)C1CCC(O)(c2ccccc2F)CC1. The summed E-state index contributed by atoms with van der Waals surface area (Å²) in [5.41, 5.74) is -0.221. The molecule has 0 spiro atoms. The number of halogens is 1. The van der Waals surface area contributed by atoms with Crippen molar-refractivity contribution in [2.45, 2.75) is 52.1 Å². The molecular formula is C16H23FO. The lowest BCUT2D eigenvalue weighted by Crippen LogP contribution is -2.36. The summed E-state index contributed by atoms with van der Waals surface area (Å²) in [6.45, 7) is 6.72. The van der Waals surface area contributed by atoms with Gasteiger partial charge >= 0.3 is 0 Å². The topological polar surface area (TPSA) is 20.2 Å². The third-order valence-electron chi connectivity index (χ3n) is 4.41. The van der Waals surface area contributed by atoms with Crippen LogP contribution in [0.25, 0.3) is 0 Å². The van der Waals surface area contributed by atoms with Gasteiger partial charge in [0.2, 0.25) is 0 Å². The van der Waals surface area contributed by atoms with Crippen molar-refractivity contribution >= 4 is 0 Å². The minimum Gasteiger partial charge on any atom is -0.385 e. The molecule has 100 valence electrons. The first-order chi connectivity index (χ1) is 8.33. The molecule has 1 nitrogen and oxygen atoms in total. The van der Waals surface area contributed by atoms with Gasteiger partial charge in [-0.25, -0.2) is 4.39 Å². The Hall–Kier alpha value is -0.890. The maximum absolute atomic E-state index is 13.8. The van der Waals surface area contributed by atoms with Crippen molar-refractivity contribution < 1.29 is 9.50 Å². The lowest BCUT2D eigenvalue weighted by Gasteiger charge is -2.41. The van der Waals surface area contributed by atoms with Gasteiger partial charge < -0.3 is 5.11 Å². The van der Waals surface area contributed by atoms with Crippen molar-refractivity contribution in [2.75, 3.05) is 0 Å². The summed E-state index contributed by atoms with van der Waals surface area (Å²) >= 11 is 0. The van der Waals surface area contributed by atoms with E-state index in [0.717, 1.165) is 12.8 Å². The van der Waals surface area contributed by atoms with E-state index in [1.165, 1.54) is 6.07 Å². The van der Waals surface area contributed by atoms with E-state index in [9.17, 15) is 9.50 Å². The van der Waals surface area contributed by atoms with Gasteiger partial charge in [-0.1, -0.05) is 39.0 Å². The zero-order chi connectivity index (χ0) is 13.4. The molecule has 0 aliphatic heterocycles. The Bertz CT molecular complexity index is 411. The van der Waals surface area contributed by atoms with Crippen LogP contribution in [0.3, 0.4) is 0 Å². The maximum atomic E-state index is 13.8. The van der Waals surface area contributed by atoms with E-state index in [0.29, 0.717) is 24.3 Å². The number of aliphatic hydroxyl groups is 1. The molecule has 1 N–H and O–H groups in total. The van der Waals surface area contributed by atoms with E-state index in [1.807, 2.05) is 0 Å². The number of rotatable bonds is 1. The van der Waals surface area contributed by atoms with Crippen molar-refractivity contribution in [3.05, 3.63) is 35.6 Å². The largest absolute Gasteiger partial charge is 0.385 e. The molecule has 0 radical (unpaired) electrons. The van der Waals surface area contributed by atoms with Gasteiger partial charge in [0.05, 0.1) is 5.60 Å². The predicted octanol–water partition coefficient (Wildman–Crippen LogP) is 4.25. The van der Waals surface area contributed by atoms with Crippen LogP contribution in [0.15, 0.2) is 24.3 Å². The molecule has 1 aliphatic rings. The molecule has 0 heterocycles. The molecular weight excluding hydrogens is 227 g/mol. The molecule has 1 aromatic rings. The highest BCUT2D eigenvalue weighted by molar-refractivity contribution is 5.25. The third kappa shape index (κ3) is 2.59. The zero-order valence-electron chi connectivity index (χ0n) is 11.5. The summed E-state index contributed by atoms with van der Waals surface area (Å²) in [5, 5.41) is 10.7. The monoisotopic (exact) mass is 250 g/mol. The first kappa shape index (κ1) is 13.5. The fourth-order valence-corrected chi connectivity index (χ4v) is 3.07. The van der Waals surface area contributed by atoms with E-state index >= 15 is 0 Å². The zero-order valence-corrected chi connectivity index (χ0v) is 11.5. The Kier molecular flexibility index (Phi) is 3.50. The molecule has 0 unspecified atom stereocenters. The van der Waals surface area contributed by atoms with Crippen molar-refractivity contribution in [2.24, 2.45) is 11.3 Å². The first-order valence-corrected chi connectivity index (χ1v) is 6.80. The maximum Gasteiger partial charge on any atom is 0.129 e. The van der Waals surface area contributed by atoms with Gasteiger partial charge in [-0.05, 0) is 43.1 Å². The van der Waals surface area contributed by atoms with E-state index < -0.39 is 5.60 Å². The van der Waals surface area contributed by atoms with Gasteiger partial charge in [-0.2, -0.15) is 0 Å². The lowest BCUT2D eigenvalue weighted by atomic mass is 9.67. The van der Waals surface area contributed by atoms with E-state index in [4.69, 9.17) is 0 Å². The van der Waals surface area contributed by atoms with Crippen molar-refractivity contribution in [1.82, 2.24) is 0 Å². The van der Waals surface area contributed by atoms with E-state index in [-0.39, 0.29) is 11.2 Å². The molecule has 2 rings (SSSR count). The molecule has 0 aromatic heterocycles. The van der Waals surface area contributed by atoms with Crippen LogP contribution in [-0.2, 0) is 5.60 Å². The molecule has 0 saturated heterocycles. The molecule has 18 heavy (non-hydrogen) atoms. The Labute approximate surface area is 109 Å². The molecule has 1 aliphatic carbocycles. The van der Waals surface area contributed by atoms with Gasteiger partial charge in [-0.15, -0.1) is 0 Å². The van der Waals surface area contributed by atoms with Crippen LogP contribution in [0, 0.1) is 17.2 Å². The highest BCUT2D eigenvalue weighted by Crippen LogP contribution is 2.45. The fraction of sp³-hybridized carbons (Fsp3) is 0.625. The van der Waals surface area contributed by atoms with Crippen molar-refractivity contribution in [3.63, 3.8) is 0 Å². The highest BCUT2D eigenvalue weighted by atomic mass is 19.1. The summed E-state index contributed by atoms with van der Waals surface area (Å²) in [6.07, 6.45) is 3.26. The average Bonchev–Trinajstić information content (AvgIpc) is 2.28. The summed E-state index contributed by atoms with van der Waals surface area (Å²) in [4.78, 5) is 0. The third-order valence-corrected chi connectivity index (χ3v) is 4.41. The molecule has 1 aromatic carbocycles. The van der Waals surface area contributed by atoms with Crippen molar-refractivity contribution in [1.29, 1.82) is 0 Å². The molecule has 1 fully saturated rings. The van der Waals surface area contributed by atoms with Crippen LogP contribution in [0.4, 0.5) is 4.39 Å². The molecule has 0 bridgehead atoms. The first-order valence-electron chi connectivity index (χ1n) is 6.80. The quantitative estimate of drug-likeness (QED) is 0.790. The van der Waals surface area contributed by atoms with Crippen LogP contribution >= 0.6 is 0 Å². The number of benzene rings is 1. The van der Waals surface area contributed by atoms with Crippen LogP contribution in [0.2, 0.25) is 0 Å². The van der Waals surface area contributed by atoms with Crippen LogP contribution in [0.5, 0.6) is 0 Å². The second-order valence-corrected chi connectivity index (χ2v) is 6.65. The normalized spacial score (nSPS) is 29.3. The summed E-state index contributed by atoms with van der Waals surface area (Å²) in [5.74, 6) is 0.332. The minimum absolute atomic E-state index is 0.274. The Morgan fingerprint density at radius 2 is 1.72 bits per heavy atom. The van der Waals surface area contributed by atoms with Crippen molar-refractivity contribution in [3.8, 4) is 0 Å². The second-order valence-electron chi connectivity index (χ2n) is 6.65. The Balaban J connectivity index is 2.15. The van der Waals surface area contributed by atoms with E-state index in [2.05, 4.69) is 20.8 Å². The van der Waals surface area contributed by atoms with Crippen LogP contribution in [-0.4, -0.2) is 5.11 Å². The van der Waals surface area contributed by atoms with Gasteiger partial charge in [0.25, 0.3) is 0 Å². The lowest BCUT2D eigenvalue weighted by molar-refractivity contribution is -0.0322. The minimum atomic E-state index is -0.965. The van der Waals surface area contributed by atoms with Gasteiger partial charge in [0.15, 0.2) is 0 Å². The van der Waals surface area contributed by atoms with Crippen LogP contribution in [0.1, 0.15) is 52.0 Å². The van der Waals surface area contributed by atoms with Gasteiger partial charge in [0, 0.05) is 5.56 Å². The number of hydrogen-bond donors (Lipinski definition) is 1. The number of hydrogen-bond acceptors (Lipinski definition) is 1. The average molecular weight is 250 g/mol. The Morgan fingerprint density at radius 1 is 1.17 bits per heavy atom. The predicted molar refractivity (Wildman–Crippen MR) is 71.7 cm³/mol. The smallest absolute Gasteiger partial charge is 0.129 e. The van der Waals surface area contributed by atoms with E-state index in [1.54, 1.807) is 18.2 Å². The standard InChI is InChI=1S/C16H23FO/c1-15(2,3)12-8-10-16(18,11-9-12)13-6-4-5-7-14(13)17/h4-7,12,18H,8-11H2,1-3H3. The van der Waals surface area contributed by atoms with Crippen LogP contribution < -0.4 is 0 Å². The molecule has 2 heteroatoms. The van der Waals surface area contributed by atoms with Gasteiger partial charge in [0.1, 0.15) is 5.82 Å². The second kappa shape index (κ2) is 4.65. The molecule has 1 saturated carbocycles.